The Morgan fingerprint density at radius 1 is 1.60 bits per heavy atom. The standard InChI is InChI=1S/C11H14ClNOS/c1-2-8-3-4-9(15-8)10(14)13-11(7-12)5-6-11/h3-4H,2,5-7H2,1H3,(H,13,14). The molecule has 0 atom stereocenters. The second kappa shape index (κ2) is 4.14. The van der Waals surface area contributed by atoms with Gasteiger partial charge in [0.2, 0.25) is 0 Å². The number of alkyl halides is 1. The highest BCUT2D eigenvalue weighted by atomic mass is 35.5. The van der Waals surface area contributed by atoms with Gasteiger partial charge in [0.25, 0.3) is 5.91 Å². The first-order valence-electron chi connectivity index (χ1n) is 5.16. The molecule has 4 heteroatoms. The maximum atomic E-state index is 11.8. The van der Waals surface area contributed by atoms with Gasteiger partial charge in [-0.25, -0.2) is 0 Å². The van der Waals surface area contributed by atoms with E-state index in [1.807, 2.05) is 12.1 Å². The van der Waals surface area contributed by atoms with Crippen molar-refractivity contribution in [2.45, 2.75) is 31.7 Å². The summed E-state index contributed by atoms with van der Waals surface area (Å²) < 4.78 is 0. The van der Waals surface area contributed by atoms with Crippen molar-refractivity contribution in [2.75, 3.05) is 5.88 Å². The van der Waals surface area contributed by atoms with Crippen LogP contribution < -0.4 is 5.32 Å². The van der Waals surface area contributed by atoms with Crippen LogP contribution in [0.5, 0.6) is 0 Å². The van der Waals surface area contributed by atoms with Gasteiger partial charge in [-0.1, -0.05) is 6.92 Å². The average molecular weight is 244 g/mol. The normalized spacial score (nSPS) is 17.5. The third-order valence-electron chi connectivity index (χ3n) is 2.72. The van der Waals surface area contributed by atoms with Crippen LogP contribution in [-0.4, -0.2) is 17.3 Å². The molecular formula is C11H14ClNOS. The second-order valence-electron chi connectivity index (χ2n) is 3.99. The first kappa shape index (κ1) is 11.0. The maximum Gasteiger partial charge on any atom is 0.261 e. The summed E-state index contributed by atoms with van der Waals surface area (Å²) in [5.74, 6) is 0.544. The molecule has 1 aromatic rings. The van der Waals surface area contributed by atoms with Crippen molar-refractivity contribution in [3.05, 3.63) is 21.9 Å². The van der Waals surface area contributed by atoms with Gasteiger partial charge in [-0.2, -0.15) is 0 Å². The van der Waals surface area contributed by atoms with E-state index in [1.165, 1.54) is 4.88 Å². The number of thiophene rings is 1. The Morgan fingerprint density at radius 2 is 2.33 bits per heavy atom. The molecule has 2 rings (SSSR count). The van der Waals surface area contributed by atoms with Crippen LogP contribution in [0.15, 0.2) is 12.1 Å². The van der Waals surface area contributed by atoms with Gasteiger partial charge in [-0.05, 0) is 31.4 Å². The monoisotopic (exact) mass is 243 g/mol. The molecule has 0 radical (unpaired) electrons. The van der Waals surface area contributed by atoms with Crippen LogP contribution in [0, 0.1) is 0 Å². The van der Waals surface area contributed by atoms with Gasteiger partial charge in [0, 0.05) is 10.8 Å². The predicted molar refractivity (Wildman–Crippen MR) is 63.8 cm³/mol. The van der Waals surface area contributed by atoms with Crippen LogP contribution in [0.2, 0.25) is 0 Å². The summed E-state index contributed by atoms with van der Waals surface area (Å²) in [4.78, 5) is 13.9. The summed E-state index contributed by atoms with van der Waals surface area (Å²) in [7, 11) is 0. The van der Waals surface area contributed by atoms with Gasteiger partial charge in [-0.3, -0.25) is 4.79 Å². The van der Waals surface area contributed by atoms with Crippen molar-refractivity contribution in [1.82, 2.24) is 5.32 Å². The third kappa shape index (κ3) is 2.34. The van der Waals surface area contributed by atoms with E-state index in [9.17, 15) is 4.79 Å². The minimum Gasteiger partial charge on any atom is -0.345 e. The van der Waals surface area contributed by atoms with E-state index in [2.05, 4.69) is 12.2 Å². The fourth-order valence-corrected chi connectivity index (χ4v) is 2.61. The summed E-state index contributed by atoms with van der Waals surface area (Å²) in [6.45, 7) is 2.09. The molecule has 1 saturated carbocycles. The molecule has 0 spiro atoms. The van der Waals surface area contributed by atoms with Crippen molar-refractivity contribution in [1.29, 1.82) is 0 Å². The molecule has 0 aliphatic heterocycles. The number of carbonyl (C=O) groups excluding carboxylic acids is 1. The number of carbonyl (C=O) groups is 1. The van der Waals surface area contributed by atoms with Gasteiger partial charge < -0.3 is 5.32 Å². The first-order valence-corrected chi connectivity index (χ1v) is 6.51. The molecule has 0 unspecified atom stereocenters. The number of rotatable bonds is 4. The lowest BCUT2D eigenvalue weighted by molar-refractivity contribution is 0.0940. The highest BCUT2D eigenvalue weighted by Crippen LogP contribution is 2.36. The molecule has 1 heterocycles. The molecule has 1 aliphatic carbocycles. The van der Waals surface area contributed by atoms with Crippen molar-refractivity contribution < 1.29 is 4.79 Å². The van der Waals surface area contributed by atoms with E-state index in [4.69, 9.17) is 11.6 Å². The van der Waals surface area contributed by atoms with Crippen LogP contribution in [0.1, 0.15) is 34.3 Å². The lowest BCUT2D eigenvalue weighted by Crippen LogP contribution is -2.37. The molecule has 1 amide bonds. The molecule has 0 bridgehead atoms. The van der Waals surface area contributed by atoms with Crippen LogP contribution in [0.4, 0.5) is 0 Å². The van der Waals surface area contributed by atoms with E-state index in [1.54, 1.807) is 11.3 Å². The molecule has 1 N–H and O–H groups in total. The zero-order valence-corrected chi connectivity index (χ0v) is 10.3. The third-order valence-corrected chi connectivity index (χ3v) is 4.46. The second-order valence-corrected chi connectivity index (χ2v) is 5.42. The fourth-order valence-electron chi connectivity index (χ4n) is 1.44. The number of hydrogen-bond donors (Lipinski definition) is 1. The van der Waals surface area contributed by atoms with Crippen molar-refractivity contribution >= 4 is 28.8 Å². The molecule has 0 saturated heterocycles. The largest absolute Gasteiger partial charge is 0.345 e. The molecule has 15 heavy (non-hydrogen) atoms. The zero-order chi connectivity index (χ0) is 10.9. The Bertz CT molecular complexity index is 370. The van der Waals surface area contributed by atoms with Crippen LogP contribution in [0.3, 0.4) is 0 Å². The predicted octanol–water partition coefficient (Wildman–Crippen LogP) is 2.81. The van der Waals surface area contributed by atoms with E-state index in [0.29, 0.717) is 5.88 Å². The Balaban J connectivity index is 2.01. The molecular weight excluding hydrogens is 230 g/mol. The average Bonchev–Trinajstić information content (AvgIpc) is 2.85. The zero-order valence-electron chi connectivity index (χ0n) is 8.68. The first-order chi connectivity index (χ1) is 7.19. The van der Waals surface area contributed by atoms with Crippen molar-refractivity contribution in [3.8, 4) is 0 Å². The lowest BCUT2D eigenvalue weighted by Gasteiger charge is -2.12. The van der Waals surface area contributed by atoms with E-state index >= 15 is 0 Å². The van der Waals surface area contributed by atoms with Crippen LogP contribution in [0.25, 0.3) is 0 Å². The van der Waals surface area contributed by atoms with Gasteiger partial charge in [0.05, 0.1) is 10.4 Å². The van der Waals surface area contributed by atoms with Gasteiger partial charge >= 0.3 is 0 Å². The summed E-state index contributed by atoms with van der Waals surface area (Å²) in [6, 6.07) is 3.91. The highest BCUT2D eigenvalue weighted by Gasteiger charge is 2.43. The Hall–Kier alpha value is -0.540. The summed E-state index contributed by atoms with van der Waals surface area (Å²) in [6.07, 6.45) is 3.00. The lowest BCUT2D eigenvalue weighted by atomic mass is 10.3. The van der Waals surface area contributed by atoms with Crippen LogP contribution >= 0.6 is 22.9 Å². The summed E-state index contributed by atoms with van der Waals surface area (Å²) >= 11 is 7.37. The fraction of sp³-hybridized carbons (Fsp3) is 0.545. The molecule has 1 aliphatic rings. The molecule has 82 valence electrons. The van der Waals surface area contributed by atoms with Gasteiger partial charge in [0.15, 0.2) is 0 Å². The van der Waals surface area contributed by atoms with Crippen molar-refractivity contribution in [2.24, 2.45) is 0 Å². The minimum absolute atomic E-state index is 0.0258. The van der Waals surface area contributed by atoms with E-state index in [0.717, 1.165) is 24.1 Å². The number of nitrogens with one attached hydrogen (secondary N) is 1. The molecule has 2 nitrogen and oxygen atoms in total. The van der Waals surface area contributed by atoms with Crippen LogP contribution in [-0.2, 0) is 6.42 Å². The Labute approximate surface area is 98.6 Å². The van der Waals surface area contributed by atoms with E-state index < -0.39 is 0 Å². The maximum absolute atomic E-state index is 11.8. The molecule has 0 aromatic carbocycles. The van der Waals surface area contributed by atoms with E-state index in [-0.39, 0.29) is 11.4 Å². The summed E-state index contributed by atoms with van der Waals surface area (Å²) in [5, 5.41) is 3.01. The number of aryl methyl sites for hydroxylation is 1. The Kier molecular flexibility index (Phi) is 3.03. The van der Waals surface area contributed by atoms with Gasteiger partial charge in [-0.15, -0.1) is 22.9 Å². The quantitative estimate of drug-likeness (QED) is 0.810. The number of amides is 1. The molecule has 1 aromatic heterocycles. The SMILES string of the molecule is CCc1ccc(C(=O)NC2(CCl)CC2)s1. The highest BCUT2D eigenvalue weighted by molar-refractivity contribution is 7.14. The smallest absolute Gasteiger partial charge is 0.261 e. The minimum atomic E-state index is -0.102. The number of halogens is 1. The number of hydrogen-bond acceptors (Lipinski definition) is 2. The summed E-state index contributed by atoms with van der Waals surface area (Å²) in [5.41, 5.74) is -0.102. The Morgan fingerprint density at radius 3 is 2.80 bits per heavy atom. The van der Waals surface area contributed by atoms with Crippen molar-refractivity contribution in [3.63, 3.8) is 0 Å². The molecule has 1 fully saturated rings. The topological polar surface area (TPSA) is 29.1 Å². The van der Waals surface area contributed by atoms with Gasteiger partial charge in [0.1, 0.15) is 0 Å².